The van der Waals surface area contributed by atoms with E-state index in [2.05, 4.69) is 62.5 Å². The molecule has 0 saturated carbocycles. The van der Waals surface area contributed by atoms with Gasteiger partial charge in [-0.15, -0.1) is 0 Å². The topological polar surface area (TPSA) is 117 Å². The van der Waals surface area contributed by atoms with Crippen molar-refractivity contribution in [1.29, 1.82) is 0 Å². The zero-order valence-corrected chi connectivity index (χ0v) is 30.2. The van der Waals surface area contributed by atoms with Gasteiger partial charge in [0.15, 0.2) is 0 Å². The van der Waals surface area contributed by atoms with E-state index in [1.807, 2.05) is 0 Å². The van der Waals surface area contributed by atoms with E-state index >= 15 is 0 Å². The molecule has 0 aromatic carbocycles. The lowest BCUT2D eigenvalue weighted by molar-refractivity contribution is -0.154. The molecule has 0 spiro atoms. The van der Waals surface area contributed by atoms with Crippen molar-refractivity contribution in [3.8, 4) is 0 Å². The second-order valence-corrected chi connectivity index (χ2v) is 13.2. The molecule has 2 atom stereocenters. The number of ether oxygens (including phenoxy) is 2. The standard InChI is InChI=1S/C37H68NO7P/c1-3-5-7-9-11-13-15-17-19-21-23-25-27-29-32-42-34-36(35-44-46(40,41)43-33-31-38)45-37(39)30-28-26-24-22-20-18-16-14-12-10-8-6-4-2/h7-10,13-16,36H,3-6,11-12,17-35,38H2,1-2H3,(H,40,41)/b9-7-,10-8-,15-13-,16-14-. The van der Waals surface area contributed by atoms with E-state index in [0.29, 0.717) is 13.0 Å². The van der Waals surface area contributed by atoms with Gasteiger partial charge >= 0.3 is 13.8 Å². The first-order valence-corrected chi connectivity index (χ1v) is 19.6. The van der Waals surface area contributed by atoms with Gasteiger partial charge in [0.2, 0.25) is 0 Å². The minimum atomic E-state index is -4.28. The molecule has 0 aliphatic rings. The first-order chi connectivity index (χ1) is 22.4. The molecule has 2 unspecified atom stereocenters. The summed E-state index contributed by atoms with van der Waals surface area (Å²) in [6.07, 6.45) is 38.3. The summed E-state index contributed by atoms with van der Waals surface area (Å²) in [7, 11) is -4.28. The highest BCUT2D eigenvalue weighted by Gasteiger charge is 2.25. The van der Waals surface area contributed by atoms with Gasteiger partial charge in [-0.1, -0.05) is 120 Å². The molecule has 0 aliphatic carbocycles. The summed E-state index contributed by atoms with van der Waals surface area (Å²) in [5.74, 6) is -0.352. The van der Waals surface area contributed by atoms with Crippen molar-refractivity contribution in [2.45, 2.75) is 148 Å². The van der Waals surface area contributed by atoms with Gasteiger partial charge in [-0.05, 0) is 64.2 Å². The van der Waals surface area contributed by atoms with Crippen LogP contribution in [0.3, 0.4) is 0 Å². The Balaban J connectivity index is 4.16. The van der Waals surface area contributed by atoms with Gasteiger partial charge in [0.05, 0.1) is 19.8 Å². The molecule has 0 bridgehead atoms. The van der Waals surface area contributed by atoms with Crippen molar-refractivity contribution in [2.24, 2.45) is 5.73 Å². The highest BCUT2D eigenvalue weighted by molar-refractivity contribution is 7.47. The lowest BCUT2D eigenvalue weighted by atomic mass is 10.1. The van der Waals surface area contributed by atoms with Crippen LogP contribution in [-0.2, 0) is 27.9 Å². The van der Waals surface area contributed by atoms with E-state index in [4.69, 9.17) is 24.3 Å². The lowest BCUT2D eigenvalue weighted by Gasteiger charge is -2.20. The van der Waals surface area contributed by atoms with Gasteiger partial charge in [-0.2, -0.15) is 0 Å². The van der Waals surface area contributed by atoms with Gasteiger partial charge in [-0.3, -0.25) is 13.8 Å². The van der Waals surface area contributed by atoms with Crippen LogP contribution >= 0.6 is 7.82 Å². The maximum atomic E-state index is 12.5. The predicted octanol–water partition coefficient (Wildman–Crippen LogP) is 10.1. The van der Waals surface area contributed by atoms with Crippen molar-refractivity contribution < 1.29 is 32.8 Å². The van der Waals surface area contributed by atoms with Gasteiger partial charge in [0.1, 0.15) is 6.10 Å². The molecule has 0 saturated heterocycles. The minimum Gasteiger partial charge on any atom is -0.457 e. The van der Waals surface area contributed by atoms with Crippen LogP contribution in [0.5, 0.6) is 0 Å². The smallest absolute Gasteiger partial charge is 0.457 e. The van der Waals surface area contributed by atoms with E-state index in [0.717, 1.165) is 89.9 Å². The Morgan fingerprint density at radius 3 is 1.70 bits per heavy atom. The third-order valence-electron chi connectivity index (χ3n) is 7.18. The van der Waals surface area contributed by atoms with Gasteiger partial charge in [0.25, 0.3) is 0 Å². The maximum absolute atomic E-state index is 12.5. The Morgan fingerprint density at radius 1 is 0.652 bits per heavy atom. The molecule has 0 rings (SSSR count). The molecule has 0 amide bonds. The number of phosphoric ester groups is 1. The van der Waals surface area contributed by atoms with Crippen LogP contribution in [-0.4, -0.2) is 49.9 Å². The summed E-state index contributed by atoms with van der Waals surface area (Å²) in [5.41, 5.74) is 5.34. The molecule has 9 heteroatoms. The van der Waals surface area contributed by atoms with E-state index in [-0.39, 0.29) is 32.3 Å². The molecule has 0 aliphatic heterocycles. The number of rotatable bonds is 34. The summed E-state index contributed by atoms with van der Waals surface area (Å²) < 4.78 is 33.2. The molecule has 46 heavy (non-hydrogen) atoms. The van der Waals surface area contributed by atoms with Crippen molar-refractivity contribution >= 4 is 13.8 Å². The predicted molar refractivity (Wildman–Crippen MR) is 192 cm³/mol. The number of hydrogen-bond acceptors (Lipinski definition) is 7. The largest absolute Gasteiger partial charge is 0.472 e. The number of esters is 1. The fourth-order valence-corrected chi connectivity index (χ4v) is 5.31. The quantitative estimate of drug-likeness (QED) is 0.0301. The van der Waals surface area contributed by atoms with Crippen LogP contribution in [0.2, 0.25) is 0 Å². The molecule has 268 valence electrons. The van der Waals surface area contributed by atoms with Crippen LogP contribution in [0.15, 0.2) is 48.6 Å². The fraction of sp³-hybridized carbons (Fsp3) is 0.757. The Kier molecular flexibility index (Phi) is 33.6. The molecule has 0 aromatic heterocycles. The maximum Gasteiger partial charge on any atom is 0.472 e. The number of carbonyl (C=O) groups is 1. The normalized spacial score (nSPS) is 14.3. The summed E-state index contributed by atoms with van der Waals surface area (Å²) in [4.78, 5) is 22.3. The second-order valence-electron chi connectivity index (χ2n) is 11.7. The van der Waals surface area contributed by atoms with Crippen molar-refractivity contribution in [3.63, 3.8) is 0 Å². The van der Waals surface area contributed by atoms with E-state index < -0.39 is 13.9 Å². The third-order valence-corrected chi connectivity index (χ3v) is 8.16. The lowest BCUT2D eigenvalue weighted by Crippen LogP contribution is -2.28. The molecular formula is C37H68NO7P. The van der Waals surface area contributed by atoms with Crippen molar-refractivity contribution in [3.05, 3.63) is 48.6 Å². The Hall–Kier alpha value is -1.54. The fourth-order valence-electron chi connectivity index (χ4n) is 4.54. The number of allylic oxidation sites excluding steroid dienone is 8. The van der Waals surface area contributed by atoms with Crippen LogP contribution in [0, 0.1) is 0 Å². The van der Waals surface area contributed by atoms with Crippen LogP contribution < -0.4 is 5.73 Å². The van der Waals surface area contributed by atoms with Crippen LogP contribution in [0.1, 0.15) is 142 Å². The monoisotopic (exact) mass is 669 g/mol. The Labute approximate surface area is 281 Å². The molecule has 0 fully saturated rings. The van der Waals surface area contributed by atoms with Gasteiger partial charge in [-0.25, -0.2) is 4.57 Å². The van der Waals surface area contributed by atoms with E-state index in [1.54, 1.807) is 0 Å². The van der Waals surface area contributed by atoms with Gasteiger partial charge in [0, 0.05) is 19.6 Å². The number of carbonyl (C=O) groups excluding carboxylic acids is 1. The Morgan fingerprint density at radius 2 is 1.15 bits per heavy atom. The first kappa shape index (κ1) is 44.5. The summed E-state index contributed by atoms with van der Waals surface area (Å²) in [6.45, 7) is 4.73. The summed E-state index contributed by atoms with van der Waals surface area (Å²) >= 11 is 0. The van der Waals surface area contributed by atoms with Gasteiger partial charge < -0.3 is 20.1 Å². The van der Waals surface area contributed by atoms with E-state index in [1.165, 1.54) is 32.1 Å². The van der Waals surface area contributed by atoms with Crippen LogP contribution in [0.4, 0.5) is 0 Å². The SMILES string of the molecule is CCC/C=C\C/C=C\CCCCCCCCOCC(COP(=O)(O)OCCN)OC(=O)CCCCCCC/C=C\C/C=C\CCC. The highest BCUT2D eigenvalue weighted by Crippen LogP contribution is 2.43. The zero-order chi connectivity index (χ0) is 33.8. The number of unbranched alkanes of at least 4 members (excludes halogenated alkanes) is 13. The highest BCUT2D eigenvalue weighted by atomic mass is 31.2. The molecule has 0 radical (unpaired) electrons. The number of phosphoric acid groups is 1. The van der Waals surface area contributed by atoms with Crippen molar-refractivity contribution in [2.75, 3.05) is 33.0 Å². The molecule has 0 heterocycles. The first-order valence-electron chi connectivity index (χ1n) is 18.1. The Bertz CT molecular complexity index is 844. The second kappa shape index (κ2) is 34.8. The minimum absolute atomic E-state index is 0.0942. The molecule has 3 N–H and O–H groups in total. The molecule has 8 nitrogen and oxygen atoms in total. The average molecular weight is 670 g/mol. The zero-order valence-electron chi connectivity index (χ0n) is 29.3. The van der Waals surface area contributed by atoms with Crippen LogP contribution in [0.25, 0.3) is 0 Å². The molecular weight excluding hydrogens is 601 g/mol. The summed E-state index contributed by atoms with van der Waals surface area (Å²) in [5, 5.41) is 0. The number of hydrogen-bond donors (Lipinski definition) is 2. The number of nitrogens with two attached hydrogens (primary N) is 1. The third kappa shape index (κ3) is 33.8. The van der Waals surface area contributed by atoms with Crippen molar-refractivity contribution in [1.82, 2.24) is 0 Å². The molecule has 0 aromatic rings. The van der Waals surface area contributed by atoms with E-state index in [9.17, 15) is 14.3 Å². The average Bonchev–Trinajstić information content (AvgIpc) is 3.04. The summed E-state index contributed by atoms with van der Waals surface area (Å²) in [6, 6.07) is 0.